The monoisotopic (exact) mass is 295 g/mol. The van der Waals surface area contributed by atoms with Gasteiger partial charge in [-0.05, 0) is 25.2 Å². The molecule has 0 aromatic rings. The lowest BCUT2D eigenvalue weighted by Crippen LogP contribution is -2.52. The zero-order chi connectivity index (χ0) is 14.8. The fraction of sp³-hybridized carbons (Fsp3) is 0.867. The molecule has 0 radical (unpaired) electrons. The summed E-state index contributed by atoms with van der Waals surface area (Å²) in [6.45, 7) is 3.91. The average molecular weight is 295 g/mol. The Hall–Kier alpha value is -1.14. The Bertz CT molecular complexity index is 409. The second-order valence-corrected chi connectivity index (χ2v) is 6.53. The van der Waals surface area contributed by atoms with Gasteiger partial charge < -0.3 is 15.3 Å². The predicted molar refractivity (Wildman–Crippen MR) is 77.9 cm³/mol. The number of carbonyl (C=O) groups is 2. The van der Waals surface area contributed by atoms with Crippen LogP contribution < -0.4 is 5.32 Å². The van der Waals surface area contributed by atoms with Crippen LogP contribution in [-0.4, -0.2) is 71.6 Å². The van der Waals surface area contributed by atoms with E-state index in [2.05, 4.69) is 10.2 Å². The highest BCUT2D eigenvalue weighted by molar-refractivity contribution is 5.86. The van der Waals surface area contributed by atoms with E-state index in [1.807, 2.05) is 0 Å². The first-order valence-corrected chi connectivity index (χ1v) is 8.14. The first kappa shape index (κ1) is 14.8. The van der Waals surface area contributed by atoms with E-state index in [-0.39, 0.29) is 11.9 Å². The predicted octanol–water partition coefficient (Wildman–Crippen LogP) is 0.136. The number of hydrogen-bond donors (Lipinski definition) is 2. The summed E-state index contributed by atoms with van der Waals surface area (Å²) < 4.78 is 0. The Labute approximate surface area is 125 Å². The Morgan fingerprint density at radius 3 is 2.57 bits per heavy atom. The topological polar surface area (TPSA) is 72.9 Å². The molecule has 0 bridgehead atoms. The first-order valence-electron chi connectivity index (χ1n) is 8.14. The third-order valence-electron chi connectivity index (χ3n) is 5.23. The fourth-order valence-electron chi connectivity index (χ4n) is 4.18. The molecule has 118 valence electrons. The highest BCUT2D eigenvalue weighted by Crippen LogP contribution is 2.39. The van der Waals surface area contributed by atoms with Crippen molar-refractivity contribution in [1.29, 1.82) is 0 Å². The van der Waals surface area contributed by atoms with Crippen molar-refractivity contribution in [2.45, 2.75) is 44.2 Å². The number of nitrogens with one attached hydrogen (secondary N) is 1. The third-order valence-corrected chi connectivity index (χ3v) is 5.23. The number of likely N-dealkylation sites (tertiary alicyclic amines) is 1. The smallest absolute Gasteiger partial charge is 0.326 e. The van der Waals surface area contributed by atoms with E-state index in [0.717, 1.165) is 45.4 Å². The first-order chi connectivity index (χ1) is 10.2. The van der Waals surface area contributed by atoms with Crippen molar-refractivity contribution < 1.29 is 14.7 Å². The van der Waals surface area contributed by atoms with Crippen LogP contribution >= 0.6 is 0 Å². The molecule has 1 amide bonds. The minimum absolute atomic E-state index is 0.0127. The number of carbonyl (C=O) groups excluding carboxylic acids is 1. The van der Waals surface area contributed by atoms with Gasteiger partial charge in [0.15, 0.2) is 0 Å². The van der Waals surface area contributed by atoms with Gasteiger partial charge in [-0.1, -0.05) is 12.8 Å². The van der Waals surface area contributed by atoms with Crippen LogP contribution in [0.2, 0.25) is 0 Å². The fourth-order valence-corrected chi connectivity index (χ4v) is 4.18. The van der Waals surface area contributed by atoms with Gasteiger partial charge in [0.25, 0.3) is 0 Å². The molecular weight excluding hydrogens is 270 g/mol. The summed E-state index contributed by atoms with van der Waals surface area (Å²) in [4.78, 5) is 28.1. The van der Waals surface area contributed by atoms with Crippen LogP contribution in [0.4, 0.5) is 0 Å². The molecule has 3 fully saturated rings. The molecule has 3 unspecified atom stereocenters. The molecule has 0 aromatic heterocycles. The van der Waals surface area contributed by atoms with Crippen LogP contribution in [0, 0.1) is 5.92 Å². The van der Waals surface area contributed by atoms with Crippen LogP contribution in [0.1, 0.15) is 32.1 Å². The number of carboxylic acid groups (broad SMARTS) is 1. The standard InChI is InChI=1S/C15H25N3O3/c19-14(10-17-7-5-16-6-8-17)18-12-4-2-1-3-11(12)9-13(18)15(20)21/h11-13,16H,1-10H2,(H,20,21). The van der Waals surface area contributed by atoms with Gasteiger partial charge in [-0.25, -0.2) is 4.79 Å². The van der Waals surface area contributed by atoms with E-state index in [9.17, 15) is 14.7 Å². The summed E-state index contributed by atoms with van der Waals surface area (Å²) in [6.07, 6.45) is 4.99. The molecule has 2 N–H and O–H groups in total. The largest absolute Gasteiger partial charge is 0.480 e. The van der Waals surface area contributed by atoms with E-state index in [0.29, 0.717) is 18.9 Å². The normalized spacial score (nSPS) is 33.7. The van der Waals surface area contributed by atoms with Gasteiger partial charge in [0.1, 0.15) is 6.04 Å². The summed E-state index contributed by atoms with van der Waals surface area (Å²) in [5, 5.41) is 12.7. The van der Waals surface area contributed by atoms with Gasteiger partial charge >= 0.3 is 5.97 Å². The molecule has 0 aromatic carbocycles. The average Bonchev–Trinajstić information content (AvgIpc) is 2.88. The van der Waals surface area contributed by atoms with Crippen LogP contribution in [0.3, 0.4) is 0 Å². The maximum absolute atomic E-state index is 12.7. The Kier molecular flexibility index (Phi) is 4.45. The number of carboxylic acids is 1. The van der Waals surface area contributed by atoms with E-state index < -0.39 is 12.0 Å². The molecule has 2 aliphatic heterocycles. The minimum atomic E-state index is -0.835. The van der Waals surface area contributed by atoms with Crippen molar-refractivity contribution in [3.63, 3.8) is 0 Å². The molecule has 21 heavy (non-hydrogen) atoms. The van der Waals surface area contributed by atoms with Crippen molar-refractivity contribution in [2.75, 3.05) is 32.7 Å². The molecule has 3 aliphatic rings. The molecule has 0 spiro atoms. The number of piperazine rings is 1. The van der Waals surface area contributed by atoms with Crippen molar-refractivity contribution in [3.8, 4) is 0 Å². The molecule has 2 saturated heterocycles. The summed E-state index contributed by atoms with van der Waals surface area (Å²) in [5.41, 5.74) is 0. The second kappa shape index (κ2) is 6.32. The van der Waals surface area contributed by atoms with Crippen LogP contribution in [0.25, 0.3) is 0 Å². The van der Waals surface area contributed by atoms with E-state index in [4.69, 9.17) is 0 Å². The number of hydrogen-bond acceptors (Lipinski definition) is 4. The van der Waals surface area contributed by atoms with Crippen molar-refractivity contribution in [1.82, 2.24) is 15.1 Å². The lowest BCUT2D eigenvalue weighted by Gasteiger charge is -2.35. The lowest BCUT2D eigenvalue weighted by atomic mass is 9.85. The van der Waals surface area contributed by atoms with E-state index in [1.165, 1.54) is 6.42 Å². The molecule has 6 nitrogen and oxygen atoms in total. The van der Waals surface area contributed by atoms with Crippen LogP contribution in [0.15, 0.2) is 0 Å². The Morgan fingerprint density at radius 2 is 1.86 bits per heavy atom. The quantitative estimate of drug-likeness (QED) is 0.774. The van der Waals surface area contributed by atoms with E-state index in [1.54, 1.807) is 4.90 Å². The summed E-state index contributed by atoms with van der Waals surface area (Å²) >= 11 is 0. The third kappa shape index (κ3) is 3.06. The van der Waals surface area contributed by atoms with Crippen molar-refractivity contribution >= 4 is 11.9 Å². The SMILES string of the molecule is O=C(O)C1CC2CCCCC2N1C(=O)CN1CCNCC1. The molecule has 3 atom stereocenters. The summed E-state index contributed by atoms with van der Waals surface area (Å²) in [6, 6.07) is -0.441. The zero-order valence-corrected chi connectivity index (χ0v) is 12.5. The van der Waals surface area contributed by atoms with Gasteiger partial charge in [-0.3, -0.25) is 9.69 Å². The maximum Gasteiger partial charge on any atom is 0.326 e. The Balaban J connectivity index is 1.69. The minimum Gasteiger partial charge on any atom is -0.480 e. The number of amides is 1. The van der Waals surface area contributed by atoms with E-state index >= 15 is 0 Å². The van der Waals surface area contributed by atoms with Crippen molar-refractivity contribution in [2.24, 2.45) is 5.92 Å². The number of fused-ring (bicyclic) bond motifs is 1. The Morgan fingerprint density at radius 1 is 1.14 bits per heavy atom. The highest BCUT2D eigenvalue weighted by atomic mass is 16.4. The van der Waals surface area contributed by atoms with Gasteiger partial charge in [-0.2, -0.15) is 0 Å². The maximum atomic E-state index is 12.7. The van der Waals surface area contributed by atoms with Gasteiger partial charge in [-0.15, -0.1) is 0 Å². The molecule has 1 aliphatic carbocycles. The number of aliphatic carboxylic acids is 1. The van der Waals surface area contributed by atoms with Crippen LogP contribution in [0.5, 0.6) is 0 Å². The highest BCUT2D eigenvalue weighted by Gasteiger charge is 2.47. The van der Waals surface area contributed by atoms with Gasteiger partial charge in [0.2, 0.25) is 5.91 Å². The summed E-state index contributed by atoms with van der Waals surface area (Å²) in [7, 11) is 0. The molecule has 1 saturated carbocycles. The van der Waals surface area contributed by atoms with Gasteiger partial charge in [0.05, 0.1) is 6.54 Å². The van der Waals surface area contributed by atoms with Crippen molar-refractivity contribution in [3.05, 3.63) is 0 Å². The lowest BCUT2D eigenvalue weighted by molar-refractivity contribution is -0.150. The number of rotatable bonds is 3. The van der Waals surface area contributed by atoms with Gasteiger partial charge in [0, 0.05) is 32.2 Å². The molecular formula is C15H25N3O3. The zero-order valence-electron chi connectivity index (χ0n) is 12.5. The summed E-state index contributed by atoms with van der Waals surface area (Å²) in [5.74, 6) is -0.427. The van der Waals surface area contributed by atoms with Crippen LogP contribution in [-0.2, 0) is 9.59 Å². The molecule has 3 rings (SSSR count). The second-order valence-electron chi connectivity index (χ2n) is 6.53. The molecule has 2 heterocycles. The molecule has 6 heteroatoms. The number of nitrogens with zero attached hydrogens (tertiary/aromatic N) is 2.